The fourth-order valence-electron chi connectivity index (χ4n) is 2.78. The molecule has 1 saturated heterocycles. The zero-order chi connectivity index (χ0) is 9.97. The van der Waals surface area contributed by atoms with Crippen LogP contribution in [0.4, 0.5) is 0 Å². The van der Waals surface area contributed by atoms with E-state index in [1.54, 1.807) is 0 Å². The molecule has 1 saturated carbocycles. The molecule has 0 aromatic heterocycles. The highest BCUT2D eigenvalue weighted by Crippen LogP contribution is 2.26. The molecule has 0 amide bonds. The van der Waals surface area contributed by atoms with E-state index in [9.17, 15) is 0 Å². The van der Waals surface area contributed by atoms with Crippen LogP contribution < -0.4 is 5.73 Å². The van der Waals surface area contributed by atoms with Crippen LogP contribution in [0, 0.1) is 0 Å². The second kappa shape index (κ2) is 4.60. The molecule has 3 nitrogen and oxygen atoms in total. The first-order chi connectivity index (χ1) is 6.79. The Morgan fingerprint density at radius 2 is 2.00 bits per heavy atom. The van der Waals surface area contributed by atoms with Crippen LogP contribution in [0.2, 0.25) is 0 Å². The Hall–Kier alpha value is -0.120. The molecular weight excluding hydrogens is 176 g/mol. The van der Waals surface area contributed by atoms with Crippen molar-refractivity contribution in [1.29, 1.82) is 0 Å². The van der Waals surface area contributed by atoms with Crippen LogP contribution in [-0.2, 0) is 4.74 Å². The second-order valence-electron chi connectivity index (χ2n) is 4.70. The SMILES string of the molecule is CC1CN(C2CCCC2)CC(CN)O1. The van der Waals surface area contributed by atoms with Gasteiger partial charge in [-0.25, -0.2) is 0 Å². The molecule has 2 N–H and O–H groups in total. The molecule has 14 heavy (non-hydrogen) atoms. The van der Waals surface area contributed by atoms with Gasteiger partial charge in [-0.2, -0.15) is 0 Å². The summed E-state index contributed by atoms with van der Waals surface area (Å²) in [6.07, 6.45) is 6.19. The van der Waals surface area contributed by atoms with Crippen molar-refractivity contribution in [2.24, 2.45) is 5.73 Å². The predicted octanol–water partition coefficient (Wildman–Crippen LogP) is 0.977. The first-order valence-corrected chi connectivity index (χ1v) is 5.89. The van der Waals surface area contributed by atoms with Gasteiger partial charge < -0.3 is 10.5 Å². The third-order valence-electron chi connectivity index (χ3n) is 3.46. The molecule has 0 spiro atoms. The monoisotopic (exact) mass is 198 g/mol. The lowest BCUT2D eigenvalue weighted by atomic mass is 10.1. The smallest absolute Gasteiger partial charge is 0.0828 e. The molecule has 1 aliphatic heterocycles. The summed E-state index contributed by atoms with van der Waals surface area (Å²) in [6, 6.07) is 0.815. The number of rotatable bonds is 2. The third kappa shape index (κ3) is 2.27. The normalized spacial score (nSPS) is 36.4. The van der Waals surface area contributed by atoms with E-state index in [1.165, 1.54) is 25.7 Å². The molecule has 0 aromatic carbocycles. The first kappa shape index (κ1) is 10.4. The van der Waals surface area contributed by atoms with Crippen LogP contribution in [0.5, 0.6) is 0 Å². The summed E-state index contributed by atoms with van der Waals surface area (Å²) in [5.74, 6) is 0. The maximum absolute atomic E-state index is 5.76. The summed E-state index contributed by atoms with van der Waals surface area (Å²) in [5.41, 5.74) is 5.67. The van der Waals surface area contributed by atoms with Crippen molar-refractivity contribution in [3.63, 3.8) is 0 Å². The quantitative estimate of drug-likeness (QED) is 0.719. The average Bonchev–Trinajstić information content (AvgIpc) is 2.69. The molecule has 2 aliphatic rings. The van der Waals surface area contributed by atoms with Gasteiger partial charge >= 0.3 is 0 Å². The van der Waals surface area contributed by atoms with Gasteiger partial charge in [0.05, 0.1) is 12.2 Å². The van der Waals surface area contributed by atoms with Crippen molar-refractivity contribution in [2.75, 3.05) is 19.6 Å². The van der Waals surface area contributed by atoms with Crippen LogP contribution in [0.25, 0.3) is 0 Å². The summed E-state index contributed by atoms with van der Waals surface area (Å²) in [4.78, 5) is 2.60. The Labute approximate surface area is 86.6 Å². The lowest BCUT2D eigenvalue weighted by Gasteiger charge is -2.39. The fraction of sp³-hybridized carbons (Fsp3) is 1.00. The standard InChI is InChI=1S/C11H22N2O/c1-9-7-13(8-11(6-12)14-9)10-4-2-3-5-10/h9-11H,2-8,12H2,1H3. The van der Waals surface area contributed by atoms with E-state index in [4.69, 9.17) is 10.5 Å². The minimum Gasteiger partial charge on any atom is -0.371 e. The maximum Gasteiger partial charge on any atom is 0.0828 e. The highest BCUT2D eigenvalue weighted by Gasteiger charge is 2.30. The van der Waals surface area contributed by atoms with E-state index in [-0.39, 0.29) is 6.10 Å². The lowest BCUT2D eigenvalue weighted by molar-refractivity contribution is -0.0833. The number of hydrogen-bond donors (Lipinski definition) is 1. The van der Waals surface area contributed by atoms with Crippen LogP contribution in [-0.4, -0.2) is 42.8 Å². The highest BCUT2D eigenvalue weighted by atomic mass is 16.5. The number of ether oxygens (including phenoxy) is 1. The molecule has 0 radical (unpaired) electrons. The van der Waals surface area contributed by atoms with E-state index in [1.807, 2.05) is 0 Å². The summed E-state index contributed by atoms with van der Waals surface area (Å²) in [7, 11) is 0. The third-order valence-corrected chi connectivity index (χ3v) is 3.46. The Morgan fingerprint density at radius 3 is 2.64 bits per heavy atom. The van der Waals surface area contributed by atoms with Gasteiger partial charge in [-0.15, -0.1) is 0 Å². The molecule has 1 heterocycles. The topological polar surface area (TPSA) is 38.5 Å². The van der Waals surface area contributed by atoms with Gasteiger partial charge in [-0.3, -0.25) is 4.90 Å². The van der Waals surface area contributed by atoms with Crippen molar-refractivity contribution in [1.82, 2.24) is 4.90 Å². The van der Waals surface area contributed by atoms with Gasteiger partial charge in [-0.1, -0.05) is 12.8 Å². The van der Waals surface area contributed by atoms with Gasteiger partial charge in [0.1, 0.15) is 0 Å². The average molecular weight is 198 g/mol. The summed E-state index contributed by atoms with van der Waals surface area (Å²) in [6.45, 7) is 4.96. The van der Waals surface area contributed by atoms with Crippen molar-refractivity contribution >= 4 is 0 Å². The minimum atomic E-state index is 0.263. The summed E-state index contributed by atoms with van der Waals surface area (Å²) in [5, 5.41) is 0. The summed E-state index contributed by atoms with van der Waals surface area (Å²) < 4.78 is 5.76. The van der Waals surface area contributed by atoms with Gasteiger partial charge in [0.25, 0.3) is 0 Å². The van der Waals surface area contributed by atoms with E-state index < -0.39 is 0 Å². The van der Waals surface area contributed by atoms with Crippen LogP contribution in [0.3, 0.4) is 0 Å². The van der Waals surface area contributed by atoms with Gasteiger partial charge in [-0.05, 0) is 19.8 Å². The van der Waals surface area contributed by atoms with Gasteiger partial charge in [0.15, 0.2) is 0 Å². The lowest BCUT2D eigenvalue weighted by Crippen LogP contribution is -2.52. The van der Waals surface area contributed by atoms with E-state index in [2.05, 4.69) is 11.8 Å². The number of nitrogens with two attached hydrogens (primary N) is 1. The molecule has 82 valence electrons. The molecular formula is C11H22N2O. The first-order valence-electron chi connectivity index (χ1n) is 5.89. The van der Waals surface area contributed by atoms with Crippen LogP contribution in [0.1, 0.15) is 32.6 Å². The van der Waals surface area contributed by atoms with Gasteiger partial charge in [0, 0.05) is 25.7 Å². The van der Waals surface area contributed by atoms with Gasteiger partial charge in [0.2, 0.25) is 0 Å². The zero-order valence-corrected chi connectivity index (χ0v) is 9.11. The molecule has 3 heteroatoms. The van der Waals surface area contributed by atoms with Crippen LogP contribution in [0.15, 0.2) is 0 Å². The molecule has 0 aromatic rings. The second-order valence-corrected chi connectivity index (χ2v) is 4.70. The number of morpholine rings is 1. The largest absolute Gasteiger partial charge is 0.371 e. The molecule has 2 rings (SSSR count). The van der Waals surface area contributed by atoms with E-state index in [0.29, 0.717) is 12.6 Å². The van der Waals surface area contributed by atoms with E-state index >= 15 is 0 Å². The van der Waals surface area contributed by atoms with Crippen LogP contribution >= 0.6 is 0 Å². The van der Waals surface area contributed by atoms with Crippen molar-refractivity contribution in [3.05, 3.63) is 0 Å². The fourth-order valence-corrected chi connectivity index (χ4v) is 2.78. The van der Waals surface area contributed by atoms with E-state index in [0.717, 1.165) is 19.1 Å². The molecule has 2 fully saturated rings. The molecule has 0 bridgehead atoms. The number of nitrogens with zero attached hydrogens (tertiary/aromatic N) is 1. The number of hydrogen-bond acceptors (Lipinski definition) is 3. The Morgan fingerprint density at radius 1 is 1.29 bits per heavy atom. The Balaban J connectivity index is 1.90. The van der Waals surface area contributed by atoms with Crippen molar-refractivity contribution in [3.8, 4) is 0 Å². The zero-order valence-electron chi connectivity index (χ0n) is 9.11. The summed E-state index contributed by atoms with van der Waals surface area (Å²) >= 11 is 0. The molecule has 2 atom stereocenters. The minimum absolute atomic E-state index is 0.263. The van der Waals surface area contributed by atoms with Crippen molar-refractivity contribution in [2.45, 2.75) is 50.9 Å². The van der Waals surface area contributed by atoms with Crippen molar-refractivity contribution < 1.29 is 4.74 Å². The highest BCUT2D eigenvalue weighted by molar-refractivity contribution is 4.84. The molecule has 1 aliphatic carbocycles. The Bertz CT molecular complexity index is 180. The Kier molecular flexibility index (Phi) is 3.42. The predicted molar refractivity (Wildman–Crippen MR) is 57.2 cm³/mol. The maximum atomic E-state index is 5.76. The molecule has 2 unspecified atom stereocenters.